The Morgan fingerprint density at radius 2 is 1.88 bits per heavy atom. The maximum absolute atomic E-state index is 12.7. The first kappa shape index (κ1) is 18.1. The van der Waals surface area contributed by atoms with Gasteiger partial charge in [-0.3, -0.25) is 9.59 Å². The van der Waals surface area contributed by atoms with Crippen molar-refractivity contribution in [2.24, 2.45) is 0 Å². The molecule has 138 valence electrons. The van der Waals surface area contributed by atoms with Crippen LogP contribution in [0.4, 0.5) is 5.82 Å². The maximum Gasteiger partial charge on any atom is 0.259 e. The summed E-state index contributed by atoms with van der Waals surface area (Å²) in [7, 11) is 1.52. The molecule has 2 aromatic rings. The molecule has 2 heterocycles. The first-order valence-corrected chi connectivity index (χ1v) is 8.77. The van der Waals surface area contributed by atoms with Crippen LogP contribution in [0.25, 0.3) is 0 Å². The number of hydrogen-bond donors (Lipinski definition) is 1. The first-order chi connectivity index (χ1) is 12.6. The van der Waals surface area contributed by atoms with Gasteiger partial charge in [-0.05, 0) is 18.4 Å². The van der Waals surface area contributed by atoms with Crippen molar-refractivity contribution in [1.29, 1.82) is 0 Å². The zero-order valence-corrected chi connectivity index (χ0v) is 15.1. The van der Waals surface area contributed by atoms with Gasteiger partial charge in [0, 0.05) is 33.2 Å². The third-order valence-electron chi connectivity index (χ3n) is 4.75. The van der Waals surface area contributed by atoms with Gasteiger partial charge in [-0.1, -0.05) is 30.3 Å². The smallest absolute Gasteiger partial charge is 0.259 e. The molecule has 0 spiro atoms. The lowest BCUT2D eigenvalue weighted by Crippen LogP contribution is -2.38. The van der Waals surface area contributed by atoms with E-state index in [2.05, 4.69) is 10.4 Å². The normalized spacial score (nSPS) is 16.3. The Hall–Kier alpha value is -2.67. The van der Waals surface area contributed by atoms with E-state index in [0.717, 1.165) is 18.4 Å². The molecular weight excluding hydrogens is 332 g/mol. The molecule has 7 nitrogen and oxygen atoms in total. The standard InChI is InChI=1S/C19H24N4O3/c1-14(24)22-12-9-16(10-13-22)23-17(8-11-20-23)21-19(25)18(26-2)15-6-4-3-5-7-15/h3-8,11,16,18H,9-10,12-13H2,1-2H3,(H,21,25). The van der Waals surface area contributed by atoms with Crippen molar-refractivity contribution in [3.8, 4) is 0 Å². The van der Waals surface area contributed by atoms with Gasteiger partial charge in [0.25, 0.3) is 5.91 Å². The summed E-state index contributed by atoms with van der Waals surface area (Å²) in [5, 5.41) is 7.31. The average molecular weight is 356 g/mol. The van der Waals surface area contributed by atoms with Crippen LogP contribution in [-0.2, 0) is 14.3 Å². The number of carbonyl (C=O) groups is 2. The van der Waals surface area contributed by atoms with Crippen LogP contribution in [-0.4, -0.2) is 46.7 Å². The molecule has 0 aliphatic carbocycles. The molecule has 1 aromatic heterocycles. The Morgan fingerprint density at radius 1 is 1.19 bits per heavy atom. The van der Waals surface area contributed by atoms with Gasteiger partial charge >= 0.3 is 0 Å². The van der Waals surface area contributed by atoms with Crippen molar-refractivity contribution in [2.45, 2.75) is 31.9 Å². The Morgan fingerprint density at radius 3 is 2.50 bits per heavy atom. The molecule has 1 aliphatic heterocycles. The number of likely N-dealkylation sites (tertiary alicyclic amines) is 1. The molecule has 0 bridgehead atoms. The highest BCUT2D eigenvalue weighted by Gasteiger charge is 2.26. The molecule has 1 fully saturated rings. The van der Waals surface area contributed by atoms with Gasteiger partial charge in [-0.2, -0.15) is 5.10 Å². The van der Waals surface area contributed by atoms with Gasteiger partial charge in [0.2, 0.25) is 5.91 Å². The highest BCUT2D eigenvalue weighted by atomic mass is 16.5. The number of piperidine rings is 1. The second-order valence-corrected chi connectivity index (χ2v) is 6.41. The highest BCUT2D eigenvalue weighted by molar-refractivity contribution is 5.94. The minimum absolute atomic E-state index is 0.100. The van der Waals surface area contributed by atoms with Crippen LogP contribution in [0.15, 0.2) is 42.6 Å². The predicted molar refractivity (Wildman–Crippen MR) is 97.6 cm³/mol. The Bertz CT molecular complexity index is 751. The molecule has 1 atom stereocenters. The van der Waals surface area contributed by atoms with Crippen LogP contribution in [0.2, 0.25) is 0 Å². The lowest BCUT2D eigenvalue weighted by Gasteiger charge is -2.32. The van der Waals surface area contributed by atoms with Crippen LogP contribution >= 0.6 is 0 Å². The first-order valence-electron chi connectivity index (χ1n) is 8.77. The molecule has 0 radical (unpaired) electrons. The Labute approximate surface area is 152 Å². The second-order valence-electron chi connectivity index (χ2n) is 6.41. The molecule has 1 aromatic carbocycles. The van der Waals surface area contributed by atoms with E-state index in [1.165, 1.54) is 7.11 Å². The Balaban J connectivity index is 1.69. The zero-order chi connectivity index (χ0) is 18.5. The van der Waals surface area contributed by atoms with E-state index in [-0.39, 0.29) is 17.9 Å². The minimum Gasteiger partial charge on any atom is -0.367 e. The third kappa shape index (κ3) is 3.94. The summed E-state index contributed by atoms with van der Waals surface area (Å²) in [6.45, 7) is 3.00. The number of rotatable bonds is 5. The summed E-state index contributed by atoms with van der Waals surface area (Å²) >= 11 is 0. The quantitative estimate of drug-likeness (QED) is 0.892. The van der Waals surface area contributed by atoms with Gasteiger partial charge in [-0.25, -0.2) is 4.68 Å². The van der Waals surface area contributed by atoms with Crippen LogP contribution in [0.3, 0.4) is 0 Å². The number of nitrogens with zero attached hydrogens (tertiary/aromatic N) is 3. The van der Waals surface area contributed by atoms with Gasteiger partial charge in [0.1, 0.15) is 5.82 Å². The van der Waals surface area contributed by atoms with Gasteiger partial charge < -0.3 is 15.0 Å². The van der Waals surface area contributed by atoms with E-state index in [4.69, 9.17) is 4.74 Å². The molecule has 7 heteroatoms. The molecule has 26 heavy (non-hydrogen) atoms. The topological polar surface area (TPSA) is 76.5 Å². The maximum atomic E-state index is 12.7. The molecular formula is C19H24N4O3. The summed E-state index contributed by atoms with van der Waals surface area (Å²) in [4.78, 5) is 26.0. The number of methoxy groups -OCH3 is 1. The third-order valence-corrected chi connectivity index (χ3v) is 4.75. The zero-order valence-electron chi connectivity index (χ0n) is 15.1. The lowest BCUT2D eigenvalue weighted by molar-refractivity contribution is -0.130. The summed E-state index contributed by atoms with van der Waals surface area (Å²) in [5.41, 5.74) is 0.799. The lowest BCUT2D eigenvalue weighted by atomic mass is 10.1. The summed E-state index contributed by atoms with van der Waals surface area (Å²) in [6, 6.07) is 11.3. The second kappa shape index (κ2) is 8.14. The van der Waals surface area contributed by atoms with Crippen molar-refractivity contribution < 1.29 is 14.3 Å². The Kier molecular flexibility index (Phi) is 5.68. The van der Waals surface area contributed by atoms with Gasteiger partial charge in [0.05, 0.1) is 12.2 Å². The van der Waals surface area contributed by atoms with Gasteiger partial charge in [0.15, 0.2) is 6.10 Å². The molecule has 1 N–H and O–H groups in total. The number of hydrogen-bond acceptors (Lipinski definition) is 4. The molecule has 1 saturated heterocycles. The minimum atomic E-state index is -0.681. The van der Waals surface area contributed by atoms with E-state index in [1.807, 2.05) is 39.9 Å². The number of benzene rings is 1. The van der Waals surface area contributed by atoms with Crippen molar-refractivity contribution >= 4 is 17.6 Å². The summed E-state index contributed by atoms with van der Waals surface area (Å²) in [6.07, 6.45) is 2.63. The van der Waals surface area contributed by atoms with Crippen molar-refractivity contribution in [1.82, 2.24) is 14.7 Å². The molecule has 2 amide bonds. The average Bonchev–Trinajstić information content (AvgIpc) is 3.11. The number of ether oxygens (including phenoxy) is 1. The van der Waals surface area contributed by atoms with E-state index >= 15 is 0 Å². The number of amides is 2. The van der Waals surface area contributed by atoms with Crippen molar-refractivity contribution in [3.05, 3.63) is 48.2 Å². The summed E-state index contributed by atoms with van der Waals surface area (Å²) in [5.74, 6) is 0.513. The molecule has 3 rings (SSSR count). The van der Waals surface area contributed by atoms with Crippen molar-refractivity contribution in [2.75, 3.05) is 25.5 Å². The number of carbonyl (C=O) groups excluding carboxylic acids is 2. The van der Waals surface area contributed by atoms with Crippen LogP contribution < -0.4 is 5.32 Å². The monoisotopic (exact) mass is 356 g/mol. The number of nitrogens with one attached hydrogen (secondary N) is 1. The number of aromatic nitrogens is 2. The van der Waals surface area contributed by atoms with Gasteiger partial charge in [-0.15, -0.1) is 0 Å². The predicted octanol–water partition coefficient (Wildman–Crippen LogP) is 2.39. The SMILES string of the molecule is COC(C(=O)Nc1ccnn1C1CCN(C(C)=O)CC1)c1ccccc1. The van der Waals surface area contributed by atoms with E-state index in [0.29, 0.717) is 18.9 Å². The largest absolute Gasteiger partial charge is 0.367 e. The van der Waals surface area contributed by atoms with Crippen LogP contribution in [0.1, 0.15) is 37.5 Å². The molecule has 1 unspecified atom stereocenters. The van der Waals surface area contributed by atoms with Crippen LogP contribution in [0.5, 0.6) is 0 Å². The molecule has 0 saturated carbocycles. The fourth-order valence-electron chi connectivity index (χ4n) is 3.34. The fraction of sp³-hybridized carbons (Fsp3) is 0.421. The van der Waals surface area contributed by atoms with Crippen LogP contribution in [0, 0.1) is 0 Å². The number of anilines is 1. The van der Waals surface area contributed by atoms with E-state index < -0.39 is 6.10 Å². The highest BCUT2D eigenvalue weighted by Crippen LogP contribution is 2.26. The summed E-state index contributed by atoms with van der Waals surface area (Å²) < 4.78 is 7.23. The molecule has 1 aliphatic rings. The fourth-order valence-corrected chi connectivity index (χ4v) is 3.34. The van der Waals surface area contributed by atoms with E-state index in [1.54, 1.807) is 19.2 Å². The van der Waals surface area contributed by atoms with E-state index in [9.17, 15) is 9.59 Å². The van der Waals surface area contributed by atoms with Crippen molar-refractivity contribution in [3.63, 3.8) is 0 Å².